The van der Waals surface area contributed by atoms with E-state index >= 15 is 0 Å². The molecule has 3 heteroatoms. The Morgan fingerprint density at radius 3 is 2.74 bits per heavy atom. The second-order valence-electron chi connectivity index (χ2n) is 5.57. The van der Waals surface area contributed by atoms with E-state index < -0.39 is 0 Å². The van der Waals surface area contributed by atoms with Crippen LogP contribution in [0.2, 0.25) is 0 Å². The van der Waals surface area contributed by atoms with Crippen molar-refractivity contribution < 1.29 is 5.11 Å². The Morgan fingerprint density at radius 1 is 1.26 bits per heavy atom. The second-order valence-corrected chi connectivity index (χ2v) is 5.57. The van der Waals surface area contributed by atoms with Gasteiger partial charge in [0.05, 0.1) is 6.61 Å². The highest BCUT2D eigenvalue weighted by Gasteiger charge is 2.21. The molecule has 1 atom stereocenters. The van der Waals surface area contributed by atoms with Crippen LogP contribution in [-0.4, -0.2) is 54.2 Å². The summed E-state index contributed by atoms with van der Waals surface area (Å²) in [6.45, 7) is 4.21. The lowest BCUT2D eigenvalue weighted by atomic mass is 10.0. The van der Waals surface area contributed by atoms with Crippen LogP contribution in [0.4, 0.5) is 0 Å². The molecular formula is C16H26N2O. The number of aliphatic hydroxyl groups is 1. The van der Waals surface area contributed by atoms with Crippen LogP contribution in [0.3, 0.4) is 0 Å². The fourth-order valence-electron chi connectivity index (χ4n) is 2.89. The van der Waals surface area contributed by atoms with E-state index in [4.69, 9.17) is 0 Å². The Balaban J connectivity index is 1.91. The van der Waals surface area contributed by atoms with Crippen LogP contribution in [0.5, 0.6) is 0 Å². The van der Waals surface area contributed by atoms with E-state index in [1.807, 2.05) is 0 Å². The Morgan fingerprint density at radius 2 is 2.05 bits per heavy atom. The molecule has 1 aliphatic rings. The maximum Gasteiger partial charge on any atom is 0.0558 e. The van der Waals surface area contributed by atoms with Crippen molar-refractivity contribution in [1.29, 1.82) is 0 Å². The van der Waals surface area contributed by atoms with Gasteiger partial charge in [-0.1, -0.05) is 36.8 Å². The fourth-order valence-corrected chi connectivity index (χ4v) is 2.89. The maximum absolute atomic E-state index is 9.25. The SMILES string of the molecule is CN1CCCCC1CN(CCO)Cc1ccccc1. The van der Waals surface area contributed by atoms with Crippen molar-refractivity contribution in [2.75, 3.05) is 33.3 Å². The molecule has 1 aliphatic heterocycles. The first-order valence-electron chi connectivity index (χ1n) is 7.37. The quantitative estimate of drug-likeness (QED) is 0.849. The molecule has 0 aromatic heterocycles. The van der Waals surface area contributed by atoms with E-state index in [0.29, 0.717) is 6.04 Å². The van der Waals surface area contributed by atoms with Crippen molar-refractivity contribution in [2.24, 2.45) is 0 Å². The number of hydrogen-bond donors (Lipinski definition) is 1. The predicted molar refractivity (Wildman–Crippen MR) is 79.1 cm³/mol. The van der Waals surface area contributed by atoms with Gasteiger partial charge < -0.3 is 10.0 Å². The average Bonchev–Trinajstić information content (AvgIpc) is 2.43. The third-order valence-corrected chi connectivity index (χ3v) is 4.06. The first-order valence-corrected chi connectivity index (χ1v) is 7.37. The van der Waals surface area contributed by atoms with E-state index in [-0.39, 0.29) is 6.61 Å². The Labute approximate surface area is 116 Å². The van der Waals surface area contributed by atoms with Crippen molar-refractivity contribution >= 4 is 0 Å². The van der Waals surface area contributed by atoms with Crippen LogP contribution in [0, 0.1) is 0 Å². The maximum atomic E-state index is 9.25. The van der Waals surface area contributed by atoms with Crippen LogP contribution >= 0.6 is 0 Å². The zero-order valence-corrected chi connectivity index (χ0v) is 12.0. The number of hydrogen-bond acceptors (Lipinski definition) is 3. The van der Waals surface area contributed by atoms with E-state index in [1.54, 1.807) is 0 Å². The van der Waals surface area contributed by atoms with Crippen LogP contribution in [0.1, 0.15) is 24.8 Å². The third-order valence-electron chi connectivity index (χ3n) is 4.06. The molecule has 106 valence electrons. The number of likely N-dealkylation sites (tertiary alicyclic amines) is 1. The minimum Gasteiger partial charge on any atom is -0.395 e. The first kappa shape index (κ1) is 14.5. The van der Waals surface area contributed by atoms with Gasteiger partial charge in [0, 0.05) is 25.7 Å². The summed E-state index contributed by atoms with van der Waals surface area (Å²) in [6.07, 6.45) is 3.95. The molecule has 1 heterocycles. The molecular weight excluding hydrogens is 236 g/mol. The van der Waals surface area contributed by atoms with Crippen molar-refractivity contribution in [3.05, 3.63) is 35.9 Å². The molecule has 0 saturated carbocycles. The number of aliphatic hydroxyl groups excluding tert-OH is 1. The summed E-state index contributed by atoms with van der Waals surface area (Å²) in [5.74, 6) is 0. The number of likely N-dealkylation sites (N-methyl/N-ethyl adjacent to an activating group) is 1. The largest absolute Gasteiger partial charge is 0.395 e. The van der Waals surface area contributed by atoms with Gasteiger partial charge in [-0.25, -0.2) is 0 Å². The van der Waals surface area contributed by atoms with Crippen LogP contribution in [0.15, 0.2) is 30.3 Å². The summed E-state index contributed by atoms with van der Waals surface area (Å²) < 4.78 is 0. The molecule has 0 aliphatic carbocycles. The topological polar surface area (TPSA) is 26.7 Å². The van der Waals surface area contributed by atoms with Gasteiger partial charge in [0.1, 0.15) is 0 Å². The molecule has 0 bridgehead atoms. The monoisotopic (exact) mass is 262 g/mol. The highest BCUT2D eigenvalue weighted by molar-refractivity contribution is 5.14. The standard InChI is InChI=1S/C16H26N2O/c1-17-10-6-5-9-16(17)14-18(11-12-19)13-15-7-3-2-4-8-15/h2-4,7-8,16,19H,5-6,9-14H2,1H3. The summed E-state index contributed by atoms with van der Waals surface area (Å²) in [5, 5.41) is 9.25. The van der Waals surface area contributed by atoms with Crippen molar-refractivity contribution in [1.82, 2.24) is 9.80 Å². The van der Waals surface area contributed by atoms with Gasteiger partial charge in [-0.2, -0.15) is 0 Å². The molecule has 0 amide bonds. The molecule has 2 rings (SSSR count). The van der Waals surface area contributed by atoms with Crippen LogP contribution in [-0.2, 0) is 6.54 Å². The first-order chi connectivity index (χ1) is 9.29. The van der Waals surface area contributed by atoms with E-state index in [9.17, 15) is 5.11 Å². The minimum atomic E-state index is 0.239. The van der Waals surface area contributed by atoms with E-state index in [0.717, 1.165) is 19.6 Å². The normalized spacial score (nSPS) is 20.9. The predicted octanol–water partition coefficient (Wildman–Crippen LogP) is 1.97. The number of rotatable bonds is 6. The molecule has 1 saturated heterocycles. The molecule has 0 spiro atoms. The summed E-state index contributed by atoms with van der Waals surface area (Å²) in [7, 11) is 2.23. The molecule has 1 unspecified atom stereocenters. The van der Waals surface area contributed by atoms with E-state index in [2.05, 4.69) is 47.2 Å². The van der Waals surface area contributed by atoms with Gasteiger partial charge in [-0.15, -0.1) is 0 Å². The molecule has 1 aromatic carbocycles. The average molecular weight is 262 g/mol. The summed E-state index contributed by atoms with van der Waals surface area (Å²) >= 11 is 0. The number of piperidine rings is 1. The second kappa shape index (κ2) is 7.63. The lowest BCUT2D eigenvalue weighted by Gasteiger charge is -2.36. The van der Waals surface area contributed by atoms with Gasteiger partial charge in [0.15, 0.2) is 0 Å². The van der Waals surface area contributed by atoms with Crippen molar-refractivity contribution in [3.8, 4) is 0 Å². The van der Waals surface area contributed by atoms with Gasteiger partial charge in [-0.05, 0) is 32.0 Å². The Hall–Kier alpha value is -0.900. The van der Waals surface area contributed by atoms with Crippen molar-refractivity contribution in [3.63, 3.8) is 0 Å². The smallest absolute Gasteiger partial charge is 0.0558 e. The number of benzene rings is 1. The lowest BCUT2D eigenvalue weighted by Crippen LogP contribution is -2.45. The van der Waals surface area contributed by atoms with Crippen LogP contribution < -0.4 is 0 Å². The Bertz CT molecular complexity index is 355. The summed E-state index contributed by atoms with van der Waals surface area (Å²) in [6, 6.07) is 11.2. The Kier molecular flexibility index (Phi) is 5.83. The van der Waals surface area contributed by atoms with Gasteiger partial charge in [-0.3, -0.25) is 4.90 Å². The van der Waals surface area contributed by atoms with Gasteiger partial charge in [0.25, 0.3) is 0 Å². The van der Waals surface area contributed by atoms with Gasteiger partial charge in [0.2, 0.25) is 0 Å². The van der Waals surface area contributed by atoms with Gasteiger partial charge >= 0.3 is 0 Å². The number of nitrogens with zero attached hydrogens (tertiary/aromatic N) is 2. The van der Waals surface area contributed by atoms with E-state index in [1.165, 1.54) is 31.4 Å². The molecule has 1 aromatic rings. The highest BCUT2D eigenvalue weighted by atomic mass is 16.3. The zero-order valence-electron chi connectivity index (χ0n) is 12.0. The molecule has 0 radical (unpaired) electrons. The molecule has 3 nitrogen and oxygen atoms in total. The minimum absolute atomic E-state index is 0.239. The molecule has 1 N–H and O–H groups in total. The molecule has 19 heavy (non-hydrogen) atoms. The lowest BCUT2D eigenvalue weighted by molar-refractivity contribution is 0.110. The highest BCUT2D eigenvalue weighted by Crippen LogP contribution is 2.17. The fraction of sp³-hybridized carbons (Fsp3) is 0.625. The summed E-state index contributed by atoms with van der Waals surface area (Å²) in [4.78, 5) is 4.85. The zero-order chi connectivity index (χ0) is 13.5. The van der Waals surface area contributed by atoms with Crippen molar-refractivity contribution in [2.45, 2.75) is 31.8 Å². The summed E-state index contributed by atoms with van der Waals surface area (Å²) in [5.41, 5.74) is 1.33. The third kappa shape index (κ3) is 4.60. The molecule has 1 fully saturated rings. The van der Waals surface area contributed by atoms with Crippen LogP contribution in [0.25, 0.3) is 0 Å².